The van der Waals surface area contributed by atoms with Crippen molar-refractivity contribution in [3.63, 3.8) is 0 Å². The Hall–Kier alpha value is -0.480. The molecular weight excluding hydrogens is 298 g/mol. The highest BCUT2D eigenvalue weighted by Gasteiger charge is 2.05. The summed E-state index contributed by atoms with van der Waals surface area (Å²) in [5, 5.41) is 0.750. The number of benzene rings is 1. The van der Waals surface area contributed by atoms with Crippen molar-refractivity contribution >= 4 is 34.2 Å². The molecule has 1 aromatic carbocycles. The summed E-state index contributed by atoms with van der Waals surface area (Å²) < 4.78 is 6.39. The molecule has 1 nitrogen and oxygen atoms in total. The van der Waals surface area contributed by atoms with Crippen LogP contribution in [0.3, 0.4) is 0 Å². The van der Waals surface area contributed by atoms with Crippen molar-refractivity contribution in [3.8, 4) is 11.3 Å². The standard InChI is InChI=1S/C10H6ClIO/c11-7-3-4-8(9(12)6-7)10-2-1-5-13-10/h1-6H. The van der Waals surface area contributed by atoms with Crippen molar-refractivity contribution in [2.24, 2.45) is 0 Å². The molecule has 0 N–H and O–H groups in total. The third kappa shape index (κ3) is 1.89. The average Bonchev–Trinajstić information content (AvgIpc) is 2.56. The van der Waals surface area contributed by atoms with Crippen LogP contribution in [0.15, 0.2) is 41.0 Å². The van der Waals surface area contributed by atoms with Crippen molar-refractivity contribution < 1.29 is 4.42 Å². The van der Waals surface area contributed by atoms with E-state index >= 15 is 0 Å². The lowest BCUT2D eigenvalue weighted by molar-refractivity contribution is 0.582. The van der Waals surface area contributed by atoms with Gasteiger partial charge in [0.25, 0.3) is 0 Å². The molecule has 0 amide bonds. The number of hydrogen-bond donors (Lipinski definition) is 0. The number of hydrogen-bond acceptors (Lipinski definition) is 1. The molecule has 1 heterocycles. The van der Waals surface area contributed by atoms with Crippen LogP contribution in [-0.2, 0) is 0 Å². The second-order valence-electron chi connectivity index (χ2n) is 2.60. The zero-order chi connectivity index (χ0) is 9.26. The molecule has 2 rings (SSSR count). The van der Waals surface area contributed by atoms with Crippen LogP contribution in [0.2, 0.25) is 5.02 Å². The van der Waals surface area contributed by atoms with Crippen LogP contribution in [-0.4, -0.2) is 0 Å². The summed E-state index contributed by atoms with van der Waals surface area (Å²) >= 11 is 8.09. The predicted octanol–water partition coefficient (Wildman–Crippen LogP) is 4.20. The summed E-state index contributed by atoms with van der Waals surface area (Å²) in [6, 6.07) is 9.55. The van der Waals surface area contributed by atoms with Crippen molar-refractivity contribution in [1.29, 1.82) is 0 Å². The minimum atomic E-state index is 0.750. The first-order valence-electron chi connectivity index (χ1n) is 3.76. The third-order valence-electron chi connectivity index (χ3n) is 1.72. The fraction of sp³-hybridized carbons (Fsp3) is 0. The molecule has 0 spiro atoms. The first kappa shape index (κ1) is 9.09. The quantitative estimate of drug-likeness (QED) is 0.720. The van der Waals surface area contributed by atoms with E-state index in [0.29, 0.717) is 0 Å². The molecule has 0 aliphatic rings. The Bertz CT molecular complexity index is 409. The molecule has 0 saturated heterocycles. The molecule has 0 unspecified atom stereocenters. The summed E-state index contributed by atoms with van der Waals surface area (Å²) in [4.78, 5) is 0. The third-order valence-corrected chi connectivity index (χ3v) is 2.85. The normalized spacial score (nSPS) is 10.3. The molecule has 0 radical (unpaired) electrons. The lowest BCUT2D eigenvalue weighted by Gasteiger charge is -2.00. The Balaban J connectivity index is 2.53. The van der Waals surface area contributed by atoms with Gasteiger partial charge < -0.3 is 4.42 Å². The van der Waals surface area contributed by atoms with E-state index in [4.69, 9.17) is 16.0 Å². The molecule has 0 saturated carbocycles. The van der Waals surface area contributed by atoms with Gasteiger partial charge in [-0.2, -0.15) is 0 Å². The van der Waals surface area contributed by atoms with Crippen LogP contribution in [0, 0.1) is 3.57 Å². The van der Waals surface area contributed by atoms with Crippen molar-refractivity contribution in [2.45, 2.75) is 0 Å². The van der Waals surface area contributed by atoms with Gasteiger partial charge in [-0.3, -0.25) is 0 Å². The van der Waals surface area contributed by atoms with E-state index in [1.165, 1.54) is 0 Å². The van der Waals surface area contributed by atoms with E-state index < -0.39 is 0 Å². The van der Waals surface area contributed by atoms with Gasteiger partial charge in [-0.15, -0.1) is 0 Å². The summed E-state index contributed by atoms with van der Waals surface area (Å²) in [7, 11) is 0. The highest BCUT2D eigenvalue weighted by molar-refractivity contribution is 14.1. The lowest BCUT2D eigenvalue weighted by Crippen LogP contribution is -1.79. The smallest absolute Gasteiger partial charge is 0.134 e. The molecule has 2 aromatic rings. The van der Waals surface area contributed by atoms with Gasteiger partial charge in [0.1, 0.15) is 5.76 Å². The monoisotopic (exact) mass is 304 g/mol. The summed E-state index contributed by atoms with van der Waals surface area (Å²) in [6.45, 7) is 0. The van der Waals surface area contributed by atoms with E-state index in [-0.39, 0.29) is 0 Å². The maximum atomic E-state index is 5.84. The summed E-state index contributed by atoms with van der Waals surface area (Å²) in [6.07, 6.45) is 1.67. The number of halogens is 2. The van der Waals surface area contributed by atoms with Crippen molar-refractivity contribution in [1.82, 2.24) is 0 Å². The molecule has 0 fully saturated rings. The first-order chi connectivity index (χ1) is 6.27. The second kappa shape index (κ2) is 3.72. The zero-order valence-electron chi connectivity index (χ0n) is 6.63. The van der Waals surface area contributed by atoms with Crippen LogP contribution in [0.25, 0.3) is 11.3 Å². The molecule has 1 aromatic heterocycles. The summed E-state index contributed by atoms with van der Waals surface area (Å²) in [5.74, 6) is 0.876. The van der Waals surface area contributed by atoms with Crippen LogP contribution in [0.1, 0.15) is 0 Å². The maximum Gasteiger partial charge on any atom is 0.134 e. The fourth-order valence-corrected chi connectivity index (χ4v) is 2.26. The molecule has 0 bridgehead atoms. The van der Waals surface area contributed by atoms with Gasteiger partial charge in [-0.1, -0.05) is 11.6 Å². The van der Waals surface area contributed by atoms with Gasteiger partial charge >= 0.3 is 0 Å². The van der Waals surface area contributed by atoms with E-state index in [1.54, 1.807) is 6.26 Å². The fourth-order valence-electron chi connectivity index (χ4n) is 1.12. The number of furan rings is 1. The molecule has 3 heteroatoms. The molecular formula is C10H6ClIO. The zero-order valence-corrected chi connectivity index (χ0v) is 9.54. The van der Waals surface area contributed by atoms with Gasteiger partial charge in [0.2, 0.25) is 0 Å². The topological polar surface area (TPSA) is 13.1 Å². The van der Waals surface area contributed by atoms with E-state index in [2.05, 4.69) is 22.6 Å². The molecule has 13 heavy (non-hydrogen) atoms. The van der Waals surface area contributed by atoms with Gasteiger partial charge in [0.05, 0.1) is 6.26 Å². The highest BCUT2D eigenvalue weighted by Crippen LogP contribution is 2.27. The van der Waals surface area contributed by atoms with Crippen LogP contribution in [0.5, 0.6) is 0 Å². The van der Waals surface area contributed by atoms with Gasteiger partial charge in [0.15, 0.2) is 0 Å². The van der Waals surface area contributed by atoms with E-state index in [9.17, 15) is 0 Å². The number of rotatable bonds is 1. The molecule has 0 atom stereocenters. The van der Waals surface area contributed by atoms with E-state index in [1.807, 2.05) is 30.3 Å². The highest BCUT2D eigenvalue weighted by atomic mass is 127. The van der Waals surface area contributed by atoms with Crippen LogP contribution in [0.4, 0.5) is 0 Å². The van der Waals surface area contributed by atoms with Gasteiger partial charge in [0, 0.05) is 14.2 Å². The van der Waals surface area contributed by atoms with Gasteiger partial charge in [-0.05, 0) is 52.9 Å². The Morgan fingerprint density at radius 2 is 2.08 bits per heavy atom. The first-order valence-corrected chi connectivity index (χ1v) is 5.22. The van der Waals surface area contributed by atoms with Crippen molar-refractivity contribution in [3.05, 3.63) is 45.2 Å². The maximum absolute atomic E-state index is 5.84. The van der Waals surface area contributed by atoms with Gasteiger partial charge in [-0.25, -0.2) is 0 Å². The molecule has 0 aliphatic heterocycles. The molecule has 66 valence electrons. The SMILES string of the molecule is Clc1ccc(-c2ccco2)c(I)c1. The average molecular weight is 305 g/mol. The second-order valence-corrected chi connectivity index (χ2v) is 4.20. The Morgan fingerprint density at radius 1 is 1.23 bits per heavy atom. The predicted molar refractivity (Wildman–Crippen MR) is 61.9 cm³/mol. The van der Waals surface area contributed by atoms with E-state index in [0.717, 1.165) is 19.9 Å². The summed E-state index contributed by atoms with van der Waals surface area (Å²) in [5.41, 5.74) is 1.08. The van der Waals surface area contributed by atoms with Crippen molar-refractivity contribution in [2.75, 3.05) is 0 Å². The minimum Gasteiger partial charge on any atom is -0.464 e. The largest absolute Gasteiger partial charge is 0.464 e. The van der Waals surface area contributed by atoms with Crippen LogP contribution < -0.4 is 0 Å². The lowest BCUT2D eigenvalue weighted by atomic mass is 10.2. The Morgan fingerprint density at radius 3 is 2.69 bits per heavy atom. The molecule has 0 aliphatic carbocycles. The Labute approximate surface area is 94.8 Å². The Kier molecular flexibility index (Phi) is 2.60. The minimum absolute atomic E-state index is 0.750. The van der Waals surface area contributed by atoms with Crippen LogP contribution >= 0.6 is 34.2 Å².